The molecule has 2 N–H and O–H groups in total. The molecule has 0 spiro atoms. The third-order valence-electron chi connectivity index (χ3n) is 4.07. The van der Waals surface area contributed by atoms with Crippen LogP contribution in [0, 0.1) is 11.3 Å². The van der Waals surface area contributed by atoms with Crippen molar-refractivity contribution in [3.05, 3.63) is 51.9 Å². The molecule has 1 unspecified atom stereocenters. The lowest BCUT2D eigenvalue weighted by molar-refractivity contribution is 0.102. The summed E-state index contributed by atoms with van der Waals surface area (Å²) in [6.07, 6.45) is 1.58. The van der Waals surface area contributed by atoms with E-state index in [4.69, 9.17) is 12.2 Å². The summed E-state index contributed by atoms with van der Waals surface area (Å²) in [6, 6.07) is 11.3. The number of hydrogen-bond donors (Lipinski definition) is 2. The molecule has 2 aromatic rings. The van der Waals surface area contributed by atoms with E-state index in [0.29, 0.717) is 16.1 Å². The molecule has 1 aromatic heterocycles. The topological polar surface area (TPSA) is 64.9 Å². The molecule has 1 aliphatic heterocycles. The molecule has 3 rings (SSSR count). The first kappa shape index (κ1) is 16.8. The average molecular weight is 355 g/mol. The molecule has 6 heteroatoms. The zero-order valence-electron chi connectivity index (χ0n) is 13.3. The van der Waals surface area contributed by atoms with E-state index in [2.05, 4.69) is 16.7 Å². The quantitative estimate of drug-likeness (QED) is 0.818. The van der Waals surface area contributed by atoms with Crippen LogP contribution in [0.4, 0.5) is 5.00 Å². The van der Waals surface area contributed by atoms with Crippen molar-refractivity contribution in [1.82, 2.24) is 5.32 Å². The monoisotopic (exact) mass is 355 g/mol. The van der Waals surface area contributed by atoms with E-state index in [1.165, 1.54) is 11.3 Å². The largest absolute Gasteiger partial charge is 0.312 e. The van der Waals surface area contributed by atoms with Gasteiger partial charge in [0, 0.05) is 21.8 Å². The Bertz CT molecular complexity index is 821. The Balaban J connectivity index is 1.95. The molecule has 1 atom stereocenters. The van der Waals surface area contributed by atoms with Gasteiger partial charge < -0.3 is 10.6 Å². The number of anilines is 1. The van der Waals surface area contributed by atoms with Crippen molar-refractivity contribution >= 4 is 39.3 Å². The van der Waals surface area contributed by atoms with E-state index in [-0.39, 0.29) is 11.9 Å². The number of carbonyl (C=O) groups excluding carboxylic acids is 1. The summed E-state index contributed by atoms with van der Waals surface area (Å²) in [4.78, 5) is 14.4. The highest BCUT2D eigenvalue weighted by molar-refractivity contribution is 7.80. The van der Waals surface area contributed by atoms with Crippen molar-refractivity contribution in [1.29, 1.82) is 5.26 Å². The Morgan fingerprint density at radius 1 is 1.46 bits per heavy atom. The van der Waals surface area contributed by atoms with Crippen molar-refractivity contribution in [2.24, 2.45) is 0 Å². The average Bonchev–Trinajstić information content (AvgIpc) is 2.98. The van der Waals surface area contributed by atoms with Crippen LogP contribution in [0.5, 0.6) is 0 Å². The number of thiocarbonyl (C=S) groups is 1. The third kappa shape index (κ3) is 3.11. The molecule has 4 nitrogen and oxygen atoms in total. The van der Waals surface area contributed by atoms with Gasteiger partial charge in [-0.3, -0.25) is 4.79 Å². The minimum atomic E-state index is -0.201. The Kier molecular flexibility index (Phi) is 5.05. The zero-order chi connectivity index (χ0) is 17.1. The SMILES string of the molecule is CCC(=S)C1NCCc2c1sc(NC(=O)c1ccccc1)c2C#N. The minimum Gasteiger partial charge on any atom is -0.312 e. The second-order valence-corrected chi connectivity index (χ2v) is 7.11. The van der Waals surface area contributed by atoms with E-state index < -0.39 is 0 Å². The first-order valence-corrected chi connectivity index (χ1v) is 9.06. The molecule has 1 aliphatic rings. The number of carbonyl (C=O) groups is 1. The molecule has 24 heavy (non-hydrogen) atoms. The molecule has 2 heterocycles. The first-order chi connectivity index (χ1) is 11.7. The van der Waals surface area contributed by atoms with Crippen molar-refractivity contribution in [2.45, 2.75) is 25.8 Å². The van der Waals surface area contributed by atoms with Crippen LogP contribution in [0.25, 0.3) is 0 Å². The first-order valence-electron chi connectivity index (χ1n) is 7.83. The second-order valence-electron chi connectivity index (χ2n) is 5.54. The number of fused-ring (bicyclic) bond motifs is 1. The highest BCUT2D eigenvalue weighted by Crippen LogP contribution is 2.40. The number of nitriles is 1. The van der Waals surface area contributed by atoms with Gasteiger partial charge in [0.25, 0.3) is 5.91 Å². The highest BCUT2D eigenvalue weighted by atomic mass is 32.1. The van der Waals surface area contributed by atoms with E-state index >= 15 is 0 Å². The summed E-state index contributed by atoms with van der Waals surface area (Å²) in [7, 11) is 0. The molecule has 0 saturated carbocycles. The van der Waals surface area contributed by atoms with Crippen LogP contribution in [0.1, 0.15) is 45.7 Å². The molecule has 1 amide bonds. The number of nitrogens with one attached hydrogen (secondary N) is 2. The Morgan fingerprint density at radius 2 is 2.21 bits per heavy atom. The normalized spacial score (nSPS) is 16.1. The van der Waals surface area contributed by atoms with Gasteiger partial charge in [0.2, 0.25) is 0 Å². The molecule has 1 aromatic carbocycles. The van der Waals surface area contributed by atoms with Gasteiger partial charge in [-0.05, 0) is 30.5 Å². The number of thiophene rings is 1. The van der Waals surface area contributed by atoms with Gasteiger partial charge >= 0.3 is 0 Å². The number of rotatable bonds is 4. The van der Waals surface area contributed by atoms with E-state index in [0.717, 1.165) is 34.7 Å². The number of amides is 1. The lowest BCUT2D eigenvalue weighted by Gasteiger charge is -2.24. The van der Waals surface area contributed by atoms with Gasteiger partial charge in [0.1, 0.15) is 11.1 Å². The van der Waals surface area contributed by atoms with Gasteiger partial charge in [-0.1, -0.05) is 37.3 Å². The number of benzene rings is 1. The lowest BCUT2D eigenvalue weighted by atomic mass is 9.97. The fraction of sp³-hybridized carbons (Fsp3) is 0.278. The maximum atomic E-state index is 12.4. The lowest BCUT2D eigenvalue weighted by Crippen LogP contribution is -2.33. The van der Waals surface area contributed by atoms with Crippen LogP contribution in [0.3, 0.4) is 0 Å². The van der Waals surface area contributed by atoms with Gasteiger partial charge in [0.05, 0.1) is 11.6 Å². The van der Waals surface area contributed by atoms with Crippen molar-refractivity contribution in [3.63, 3.8) is 0 Å². The standard InChI is InChI=1S/C18H17N3OS2/c1-2-14(23)15-16-12(8-9-20-15)13(10-19)18(24-16)21-17(22)11-6-4-3-5-7-11/h3-7,15,20H,2,8-9H2,1H3,(H,21,22). The molecule has 0 saturated heterocycles. The van der Waals surface area contributed by atoms with Gasteiger partial charge in [0.15, 0.2) is 0 Å². The van der Waals surface area contributed by atoms with Crippen LogP contribution >= 0.6 is 23.6 Å². The van der Waals surface area contributed by atoms with Crippen LogP contribution in [-0.2, 0) is 6.42 Å². The molecule has 0 aliphatic carbocycles. The number of nitrogens with zero attached hydrogens (tertiary/aromatic N) is 1. The Labute approximate surface area is 150 Å². The predicted molar refractivity (Wildman–Crippen MR) is 101 cm³/mol. The fourth-order valence-electron chi connectivity index (χ4n) is 2.83. The summed E-state index contributed by atoms with van der Waals surface area (Å²) >= 11 is 6.94. The smallest absolute Gasteiger partial charge is 0.256 e. The Hall–Kier alpha value is -2.07. The molecule has 0 radical (unpaired) electrons. The summed E-state index contributed by atoms with van der Waals surface area (Å²) in [5, 5.41) is 16.5. The van der Waals surface area contributed by atoms with Crippen LogP contribution in [0.2, 0.25) is 0 Å². The second kappa shape index (κ2) is 7.22. The van der Waals surface area contributed by atoms with E-state index in [1.54, 1.807) is 12.1 Å². The van der Waals surface area contributed by atoms with Crippen molar-refractivity contribution in [3.8, 4) is 6.07 Å². The zero-order valence-corrected chi connectivity index (χ0v) is 14.9. The van der Waals surface area contributed by atoms with Crippen molar-refractivity contribution < 1.29 is 4.79 Å². The molecule has 0 bridgehead atoms. The summed E-state index contributed by atoms with van der Waals surface area (Å²) in [6.45, 7) is 2.82. The predicted octanol–water partition coefficient (Wildman–Crippen LogP) is 3.84. The molecule has 0 fully saturated rings. The van der Waals surface area contributed by atoms with Gasteiger partial charge in [-0.25, -0.2) is 0 Å². The van der Waals surface area contributed by atoms with Crippen LogP contribution in [0.15, 0.2) is 30.3 Å². The van der Waals surface area contributed by atoms with E-state index in [9.17, 15) is 10.1 Å². The maximum absolute atomic E-state index is 12.4. The molecular weight excluding hydrogens is 338 g/mol. The maximum Gasteiger partial charge on any atom is 0.256 e. The molecule has 122 valence electrons. The minimum absolute atomic E-state index is 0.00627. The summed E-state index contributed by atoms with van der Waals surface area (Å²) < 4.78 is 0. The summed E-state index contributed by atoms with van der Waals surface area (Å²) in [5.41, 5.74) is 2.17. The van der Waals surface area contributed by atoms with Crippen LogP contribution in [-0.4, -0.2) is 17.3 Å². The van der Waals surface area contributed by atoms with Gasteiger partial charge in [-0.2, -0.15) is 5.26 Å². The number of hydrogen-bond acceptors (Lipinski definition) is 5. The van der Waals surface area contributed by atoms with E-state index in [1.807, 2.05) is 25.1 Å². The fourth-order valence-corrected chi connectivity index (χ4v) is 4.41. The Morgan fingerprint density at radius 3 is 2.88 bits per heavy atom. The highest BCUT2D eigenvalue weighted by Gasteiger charge is 2.29. The third-order valence-corrected chi connectivity index (χ3v) is 5.81. The van der Waals surface area contributed by atoms with Crippen molar-refractivity contribution in [2.75, 3.05) is 11.9 Å². The van der Waals surface area contributed by atoms with Gasteiger partial charge in [-0.15, -0.1) is 11.3 Å². The summed E-state index contributed by atoms with van der Waals surface area (Å²) in [5.74, 6) is -0.201. The van der Waals surface area contributed by atoms with Crippen LogP contribution < -0.4 is 10.6 Å². The molecular formula is C18H17N3OS2.